The zero-order valence-corrected chi connectivity index (χ0v) is 22.3. The SMILES string of the molecule is Cc1c(N2CCN(C(C)(C)C)[C@H](C)C2)nc2cc(F)cc(F)c2c1Nc1cncc(N2CCOCC2)c1. The average molecular weight is 511 g/mol. The number of benzene rings is 1. The van der Waals surface area contributed by atoms with Crippen LogP contribution in [0.5, 0.6) is 0 Å². The summed E-state index contributed by atoms with van der Waals surface area (Å²) in [5.41, 5.74) is 3.48. The maximum absolute atomic E-state index is 15.2. The van der Waals surface area contributed by atoms with E-state index in [9.17, 15) is 4.39 Å². The van der Waals surface area contributed by atoms with Crippen molar-refractivity contribution in [3.8, 4) is 0 Å². The van der Waals surface area contributed by atoms with Gasteiger partial charge < -0.3 is 19.9 Å². The fourth-order valence-corrected chi connectivity index (χ4v) is 5.64. The zero-order valence-electron chi connectivity index (χ0n) is 22.3. The Kier molecular flexibility index (Phi) is 6.93. The lowest BCUT2D eigenvalue weighted by Crippen LogP contribution is -2.58. The van der Waals surface area contributed by atoms with E-state index in [4.69, 9.17) is 9.72 Å². The largest absolute Gasteiger partial charge is 0.378 e. The van der Waals surface area contributed by atoms with Crippen molar-refractivity contribution in [2.45, 2.75) is 46.2 Å². The molecule has 0 spiro atoms. The van der Waals surface area contributed by atoms with Crippen molar-refractivity contribution in [2.75, 3.05) is 61.1 Å². The molecule has 2 saturated heterocycles. The van der Waals surface area contributed by atoms with E-state index < -0.39 is 11.6 Å². The second kappa shape index (κ2) is 10.0. The Morgan fingerprint density at radius 3 is 2.46 bits per heavy atom. The van der Waals surface area contributed by atoms with Crippen molar-refractivity contribution >= 4 is 33.8 Å². The summed E-state index contributed by atoms with van der Waals surface area (Å²) in [6, 6.07) is 4.54. The van der Waals surface area contributed by atoms with Crippen LogP contribution in [0.3, 0.4) is 0 Å². The van der Waals surface area contributed by atoms with Gasteiger partial charge in [-0.25, -0.2) is 13.8 Å². The maximum atomic E-state index is 15.2. The molecule has 1 atom stereocenters. The molecule has 0 amide bonds. The third-order valence-electron chi connectivity index (χ3n) is 7.38. The molecule has 9 heteroatoms. The van der Waals surface area contributed by atoms with E-state index in [1.165, 1.54) is 6.07 Å². The molecule has 1 N–H and O–H groups in total. The van der Waals surface area contributed by atoms with Crippen LogP contribution in [0.4, 0.5) is 31.7 Å². The highest BCUT2D eigenvalue weighted by atomic mass is 19.1. The van der Waals surface area contributed by atoms with E-state index in [0.717, 1.165) is 61.5 Å². The van der Waals surface area contributed by atoms with Gasteiger partial charge in [-0.1, -0.05) is 0 Å². The number of nitrogens with one attached hydrogen (secondary N) is 1. The fraction of sp³-hybridized carbons (Fsp3) is 0.500. The predicted octanol–water partition coefficient (Wildman–Crippen LogP) is 5.11. The van der Waals surface area contributed by atoms with Gasteiger partial charge in [0.1, 0.15) is 17.5 Å². The number of hydrogen-bond donors (Lipinski definition) is 1. The summed E-state index contributed by atoms with van der Waals surface area (Å²) in [5.74, 6) is -0.527. The van der Waals surface area contributed by atoms with Gasteiger partial charge in [0.05, 0.1) is 53.6 Å². The highest BCUT2D eigenvalue weighted by Crippen LogP contribution is 2.38. The fourth-order valence-electron chi connectivity index (χ4n) is 5.64. The third kappa shape index (κ3) is 5.20. The van der Waals surface area contributed by atoms with Crippen LogP contribution in [0.2, 0.25) is 0 Å². The number of nitrogens with zero attached hydrogens (tertiary/aromatic N) is 5. The molecule has 5 rings (SSSR count). The summed E-state index contributed by atoms with van der Waals surface area (Å²) >= 11 is 0. The van der Waals surface area contributed by atoms with Gasteiger partial charge in [-0.3, -0.25) is 9.88 Å². The van der Waals surface area contributed by atoms with E-state index in [1.807, 2.05) is 19.2 Å². The van der Waals surface area contributed by atoms with Gasteiger partial charge >= 0.3 is 0 Å². The maximum Gasteiger partial charge on any atom is 0.137 e. The molecule has 2 fully saturated rings. The first-order valence-electron chi connectivity index (χ1n) is 13.0. The minimum Gasteiger partial charge on any atom is -0.378 e. The Balaban J connectivity index is 1.54. The molecular formula is C28H36F2N6O. The predicted molar refractivity (Wildman–Crippen MR) is 145 cm³/mol. The quantitative estimate of drug-likeness (QED) is 0.524. The van der Waals surface area contributed by atoms with Gasteiger partial charge in [0, 0.05) is 62.0 Å². The lowest BCUT2D eigenvalue weighted by Gasteiger charge is -2.47. The van der Waals surface area contributed by atoms with Crippen LogP contribution in [0.1, 0.15) is 33.3 Å². The van der Waals surface area contributed by atoms with Crippen LogP contribution in [0.15, 0.2) is 30.6 Å². The van der Waals surface area contributed by atoms with E-state index in [1.54, 1.807) is 6.20 Å². The first-order valence-corrected chi connectivity index (χ1v) is 13.0. The van der Waals surface area contributed by atoms with E-state index in [2.05, 4.69) is 52.7 Å². The summed E-state index contributed by atoms with van der Waals surface area (Å²) in [7, 11) is 0. The van der Waals surface area contributed by atoms with Crippen molar-refractivity contribution in [2.24, 2.45) is 0 Å². The van der Waals surface area contributed by atoms with Crippen LogP contribution in [0.25, 0.3) is 10.9 Å². The highest BCUT2D eigenvalue weighted by Gasteiger charge is 2.33. The number of morpholine rings is 1. The normalized spacial score (nSPS) is 19.5. The standard InChI is InChI=1S/C28H36F2N6O/c1-18-17-35(6-7-36(18)28(3,4)5)27-19(2)26(25-23(30)12-20(29)13-24(25)33-27)32-21-14-22(16-31-15-21)34-8-10-37-11-9-34/h12-16,18H,6-11,17H2,1-5H3,(H,32,33)/t18-/m1/s1. The Hall–Kier alpha value is -3.04. The van der Waals surface area contributed by atoms with Gasteiger partial charge in [0.2, 0.25) is 0 Å². The third-order valence-corrected chi connectivity index (χ3v) is 7.38. The summed E-state index contributed by atoms with van der Waals surface area (Å²) < 4.78 is 35.0. The summed E-state index contributed by atoms with van der Waals surface area (Å²) in [4.78, 5) is 16.2. The second-order valence-electron chi connectivity index (χ2n) is 11.0. The zero-order chi connectivity index (χ0) is 26.3. The van der Waals surface area contributed by atoms with Gasteiger partial charge in [0.15, 0.2) is 0 Å². The van der Waals surface area contributed by atoms with Crippen LogP contribution >= 0.6 is 0 Å². The summed E-state index contributed by atoms with van der Waals surface area (Å²) in [6.45, 7) is 16.2. The van der Waals surface area contributed by atoms with Crippen molar-refractivity contribution in [3.63, 3.8) is 0 Å². The van der Waals surface area contributed by atoms with Gasteiger partial charge in [-0.05, 0) is 40.7 Å². The van der Waals surface area contributed by atoms with Crippen molar-refractivity contribution in [3.05, 3.63) is 47.8 Å². The molecule has 1 aromatic carbocycles. The number of ether oxygens (including phenoxy) is 1. The minimum atomic E-state index is -0.639. The molecule has 3 aromatic rings. The number of halogens is 2. The molecule has 0 saturated carbocycles. The first-order chi connectivity index (χ1) is 17.6. The van der Waals surface area contributed by atoms with Crippen LogP contribution in [-0.2, 0) is 4.74 Å². The molecule has 0 aliphatic carbocycles. The van der Waals surface area contributed by atoms with Gasteiger partial charge in [-0.15, -0.1) is 0 Å². The van der Waals surface area contributed by atoms with Gasteiger partial charge in [0.25, 0.3) is 0 Å². The van der Waals surface area contributed by atoms with Crippen molar-refractivity contribution in [1.29, 1.82) is 0 Å². The molecule has 2 aliphatic heterocycles. The van der Waals surface area contributed by atoms with Crippen LogP contribution in [0, 0.1) is 18.6 Å². The molecule has 37 heavy (non-hydrogen) atoms. The van der Waals surface area contributed by atoms with Crippen LogP contribution in [-0.4, -0.2) is 72.4 Å². The Morgan fingerprint density at radius 2 is 1.76 bits per heavy atom. The Labute approximate surface area is 217 Å². The number of anilines is 4. The first kappa shape index (κ1) is 25.6. The van der Waals surface area contributed by atoms with E-state index in [-0.39, 0.29) is 10.9 Å². The Bertz CT molecular complexity index is 1290. The number of pyridine rings is 2. The average Bonchev–Trinajstić information content (AvgIpc) is 2.85. The topological polar surface area (TPSA) is 56.8 Å². The number of aromatic nitrogens is 2. The van der Waals surface area contributed by atoms with E-state index >= 15 is 4.39 Å². The van der Waals surface area contributed by atoms with E-state index in [0.29, 0.717) is 30.5 Å². The highest BCUT2D eigenvalue weighted by molar-refractivity contribution is 5.97. The smallest absolute Gasteiger partial charge is 0.137 e. The van der Waals surface area contributed by atoms with Crippen molar-refractivity contribution in [1.82, 2.24) is 14.9 Å². The van der Waals surface area contributed by atoms with Crippen molar-refractivity contribution < 1.29 is 13.5 Å². The molecule has 4 heterocycles. The molecule has 0 unspecified atom stereocenters. The molecule has 2 aromatic heterocycles. The Morgan fingerprint density at radius 1 is 1.00 bits per heavy atom. The minimum absolute atomic E-state index is 0.0643. The number of rotatable bonds is 4. The number of piperazine rings is 1. The summed E-state index contributed by atoms with van der Waals surface area (Å²) in [6.07, 6.45) is 3.55. The number of hydrogen-bond acceptors (Lipinski definition) is 7. The molecule has 198 valence electrons. The number of fused-ring (bicyclic) bond motifs is 1. The monoisotopic (exact) mass is 510 g/mol. The van der Waals surface area contributed by atoms with Crippen LogP contribution < -0.4 is 15.1 Å². The molecule has 0 radical (unpaired) electrons. The molecule has 2 aliphatic rings. The lowest BCUT2D eigenvalue weighted by molar-refractivity contribution is 0.0796. The molecular weight excluding hydrogens is 474 g/mol. The second-order valence-corrected chi connectivity index (χ2v) is 11.0. The lowest BCUT2D eigenvalue weighted by atomic mass is 10.0. The molecule has 0 bridgehead atoms. The summed E-state index contributed by atoms with van der Waals surface area (Å²) in [5, 5.41) is 3.70. The van der Waals surface area contributed by atoms with Gasteiger partial charge in [-0.2, -0.15) is 0 Å². The molecule has 7 nitrogen and oxygen atoms in total.